The van der Waals surface area contributed by atoms with Crippen molar-refractivity contribution >= 4 is 11.6 Å². The second-order valence-electron chi connectivity index (χ2n) is 3.63. The molecule has 7 heteroatoms. The maximum atomic E-state index is 12.9. The third kappa shape index (κ3) is 2.45. The predicted molar refractivity (Wildman–Crippen MR) is 60.5 cm³/mol. The highest BCUT2D eigenvalue weighted by Crippen LogP contribution is 2.09. The summed E-state index contributed by atoms with van der Waals surface area (Å²) in [7, 11) is 0. The van der Waals surface area contributed by atoms with Crippen molar-refractivity contribution in [3.05, 3.63) is 47.3 Å². The Morgan fingerprint density at radius 3 is 2.78 bits per heavy atom. The first kappa shape index (κ1) is 12.0. The van der Waals surface area contributed by atoms with Crippen molar-refractivity contribution in [3.63, 3.8) is 0 Å². The molecule has 0 fully saturated rings. The highest BCUT2D eigenvalue weighted by Gasteiger charge is 2.11. The van der Waals surface area contributed by atoms with Crippen LogP contribution in [0.1, 0.15) is 16.1 Å². The van der Waals surface area contributed by atoms with Crippen LogP contribution in [0.3, 0.4) is 0 Å². The summed E-state index contributed by atoms with van der Waals surface area (Å²) >= 11 is 0. The van der Waals surface area contributed by atoms with Crippen LogP contribution in [0.25, 0.3) is 0 Å². The van der Waals surface area contributed by atoms with E-state index in [9.17, 15) is 13.6 Å². The molecule has 1 amide bonds. The van der Waals surface area contributed by atoms with Gasteiger partial charge in [-0.2, -0.15) is 5.10 Å². The van der Waals surface area contributed by atoms with Gasteiger partial charge < -0.3 is 11.1 Å². The van der Waals surface area contributed by atoms with E-state index in [1.807, 2.05) is 0 Å². The van der Waals surface area contributed by atoms with Crippen LogP contribution in [-0.4, -0.2) is 16.1 Å². The lowest BCUT2D eigenvalue weighted by Crippen LogP contribution is -2.24. The molecule has 0 spiro atoms. The van der Waals surface area contributed by atoms with E-state index in [4.69, 9.17) is 5.73 Å². The first-order chi connectivity index (χ1) is 8.58. The van der Waals surface area contributed by atoms with Gasteiger partial charge in [0.2, 0.25) is 0 Å². The maximum absolute atomic E-state index is 12.9. The molecule has 0 saturated carbocycles. The van der Waals surface area contributed by atoms with Crippen LogP contribution in [0.5, 0.6) is 0 Å². The summed E-state index contributed by atoms with van der Waals surface area (Å²) in [5.74, 6) is -2.35. The molecular weight excluding hydrogens is 242 g/mol. The van der Waals surface area contributed by atoms with Gasteiger partial charge in [0.1, 0.15) is 5.69 Å². The van der Waals surface area contributed by atoms with Gasteiger partial charge in [0, 0.05) is 6.54 Å². The lowest BCUT2D eigenvalue weighted by molar-refractivity contribution is 0.0946. The molecule has 1 aromatic heterocycles. The van der Waals surface area contributed by atoms with Crippen molar-refractivity contribution in [2.24, 2.45) is 0 Å². The number of rotatable bonds is 3. The molecule has 4 N–H and O–H groups in total. The van der Waals surface area contributed by atoms with Crippen LogP contribution in [0.4, 0.5) is 14.5 Å². The molecule has 0 atom stereocenters. The molecule has 1 aromatic carbocycles. The third-order valence-electron chi connectivity index (χ3n) is 2.33. The lowest BCUT2D eigenvalue weighted by atomic mass is 10.2. The summed E-state index contributed by atoms with van der Waals surface area (Å²) in [6.45, 7) is 0.0640. The number of aromatic nitrogens is 2. The van der Waals surface area contributed by atoms with Crippen LogP contribution < -0.4 is 11.1 Å². The average Bonchev–Trinajstić information content (AvgIpc) is 2.77. The number of halogens is 2. The third-order valence-corrected chi connectivity index (χ3v) is 2.33. The van der Waals surface area contributed by atoms with Gasteiger partial charge in [-0.05, 0) is 17.7 Å². The second kappa shape index (κ2) is 4.82. The minimum atomic E-state index is -0.956. The first-order valence-electron chi connectivity index (χ1n) is 5.09. The minimum Gasteiger partial charge on any atom is -0.396 e. The zero-order chi connectivity index (χ0) is 13.1. The number of carbonyl (C=O) groups is 1. The Labute approximate surface area is 101 Å². The van der Waals surface area contributed by atoms with Crippen LogP contribution in [-0.2, 0) is 6.54 Å². The fourth-order valence-electron chi connectivity index (χ4n) is 1.40. The normalized spacial score (nSPS) is 10.3. The van der Waals surface area contributed by atoms with E-state index in [1.165, 1.54) is 12.3 Å². The molecule has 2 rings (SSSR count). The number of carbonyl (C=O) groups excluding carboxylic acids is 1. The minimum absolute atomic E-state index is 0.0640. The Morgan fingerprint density at radius 1 is 1.39 bits per heavy atom. The summed E-state index contributed by atoms with van der Waals surface area (Å²) in [6.07, 6.45) is 1.31. The van der Waals surface area contributed by atoms with E-state index in [2.05, 4.69) is 15.5 Å². The van der Waals surface area contributed by atoms with Crippen molar-refractivity contribution in [1.29, 1.82) is 0 Å². The summed E-state index contributed by atoms with van der Waals surface area (Å²) < 4.78 is 25.6. The maximum Gasteiger partial charge on any atom is 0.271 e. The molecule has 1 heterocycles. The number of benzene rings is 1. The van der Waals surface area contributed by atoms with Gasteiger partial charge in [-0.15, -0.1) is 0 Å². The summed E-state index contributed by atoms with van der Waals surface area (Å²) in [5, 5.41) is 8.55. The number of nitrogens with zero attached hydrogens (tertiary/aromatic N) is 1. The Morgan fingerprint density at radius 2 is 2.17 bits per heavy atom. The summed E-state index contributed by atoms with van der Waals surface area (Å²) in [4.78, 5) is 11.6. The zero-order valence-corrected chi connectivity index (χ0v) is 9.21. The Balaban J connectivity index is 2.02. The van der Waals surface area contributed by atoms with Gasteiger partial charge in [0.05, 0.1) is 11.9 Å². The van der Waals surface area contributed by atoms with Crippen LogP contribution in [0.15, 0.2) is 24.4 Å². The van der Waals surface area contributed by atoms with E-state index in [1.54, 1.807) is 0 Å². The predicted octanol–water partition coefficient (Wildman–Crippen LogP) is 1.20. The van der Waals surface area contributed by atoms with Gasteiger partial charge in [-0.3, -0.25) is 9.89 Å². The first-order valence-corrected chi connectivity index (χ1v) is 5.09. The number of nitrogens with two attached hydrogens (primary N) is 1. The molecule has 0 aliphatic rings. The molecule has 0 saturated heterocycles. The number of amides is 1. The molecule has 2 aromatic rings. The van der Waals surface area contributed by atoms with Crippen molar-refractivity contribution < 1.29 is 13.6 Å². The highest BCUT2D eigenvalue weighted by molar-refractivity contribution is 5.96. The van der Waals surface area contributed by atoms with Crippen LogP contribution >= 0.6 is 0 Å². The molecule has 0 radical (unpaired) electrons. The molecule has 18 heavy (non-hydrogen) atoms. The van der Waals surface area contributed by atoms with E-state index < -0.39 is 17.5 Å². The number of hydrogen-bond donors (Lipinski definition) is 3. The highest BCUT2D eigenvalue weighted by atomic mass is 19.2. The molecule has 0 bridgehead atoms. The fraction of sp³-hybridized carbons (Fsp3) is 0.0909. The van der Waals surface area contributed by atoms with Gasteiger partial charge >= 0.3 is 0 Å². The van der Waals surface area contributed by atoms with E-state index in [-0.39, 0.29) is 17.9 Å². The fourth-order valence-corrected chi connectivity index (χ4v) is 1.40. The molecule has 5 nitrogen and oxygen atoms in total. The standard InChI is InChI=1S/C11H10F2N4O/c12-7-2-1-6(3-8(7)13)4-15-11(18)10-9(14)5-16-17-10/h1-3,5H,4,14H2,(H,15,18)(H,16,17). The number of nitrogen functional groups attached to an aromatic ring is 1. The SMILES string of the molecule is Nc1cn[nH]c1C(=O)NCc1ccc(F)c(F)c1. The quantitative estimate of drug-likeness (QED) is 0.767. The van der Waals surface area contributed by atoms with Gasteiger partial charge in [-0.25, -0.2) is 8.78 Å². The van der Waals surface area contributed by atoms with E-state index in [0.717, 1.165) is 12.1 Å². The van der Waals surface area contributed by atoms with Crippen molar-refractivity contribution in [2.45, 2.75) is 6.54 Å². The Hall–Kier alpha value is -2.44. The molecule has 0 aliphatic heterocycles. The molecule has 0 aliphatic carbocycles. The lowest BCUT2D eigenvalue weighted by Gasteiger charge is -2.05. The monoisotopic (exact) mass is 252 g/mol. The topological polar surface area (TPSA) is 83.8 Å². The van der Waals surface area contributed by atoms with Gasteiger partial charge in [-0.1, -0.05) is 6.07 Å². The molecule has 94 valence electrons. The number of hydrogen-bond acceptors (Lipinski definition) is 3. The number of anilines is 1. The van der Waals surface area contributed by atoms with Gasteiger partial charge in [0.25, 0.3) is 5.91 Å². The van der Waals surface area contributed by atoms with Crippen molar-refractivity contribution in [1.82, 2.24) is 15.5 Å². The Bertz CT molecular complexity index is 582. The smallest absolute Gasteiger partial charge is 0.271 e. The number of aromatic amines is 1. The van der Waals surface area contributed by atoms with Crippen molar-refractivity contribution in [3.8, 4) is 0 Å². The second-order valence-corrected chi connectivity index (χ2v) is 3.63. The van der Waals surface area contributed by atoms with E-state index >= 15 is 0 Å². The van der Waals surface area contributed by atoms with Crippen molar-refractivity contribution in [2.75, 3.05) is 5.73 Å². The molecular formula is C11H10F2N4O. The Kier molecular flexibility index (Phi) is 3.22. The van der Waals surface area contributed by atoms with Gasteiger partial charge in [0.15, 0.2) is 11.6 Å². The number of nitrogens with one attached hydrogen (secondary N) is 2. The largest absolute Gasteiger partial charge is 0.396 e. The number of H-pyrrole nitrogens is 1. The zero-order valence-electron chi connectivity index (χ0n) is 9.21. The van der Waals surface area contributed by atoms with E-state index in [0.29, 0.717) is 5.56 Å². The summed E-state index contributed by atoms with van der Waals surface area (Å²) in [5.41, 5.74) is 6.29. The molecule has 0 unspecified atom stereocenters. The van der Waals surface area contributed by atoms with Crippen LogP contribution in [0.2, 0.25) is 0 Å². The van der Waals surface area contributed by atoms with Crippen LogP contribution in [0, 0.1) is 11.6 Å². The average molecular weight is 252 g/mol. The summed E-state index contributed by atoms with van der Waals surface area (Å²) in [6, 6.07) is 3.41.